The average Bonchev–Trinajstić information content (AvgIpc) is 3.22. The van der Waals surface area contributed by atoms with Gasteiger partial charge in [-0.15, -0.1) is 11.8 Å². The van der Waals surface area contributed by atoms with Gasteiger partial charge in [0.1, 0.15) is 0 Å². The molecule has 0 radical (unpaired) electrons. The van der Waals surface area contributed by atoms with E-state index in [0.717, 1.165) is 12.5 Å². The Labute approximate surface area is 143 Å². The van der Waals surface area contributed by atoms with Gasteiger partial charge in [-0.1, -0.05) is 48.5 Å². The minimum Gasteiger partial charge on any atom is -0.308 e. The van der Waals surface area contributed by atoms with Crippen LogP contribution in [0.3, 0.4) is 0 Å². The molecule has 0 amide bonds. The molecule has 120 valence electrons. The molecule has 2 aromatic carbocycles. The van der Waals surface area contributed by atoms with E-state index in [1.165, 1.54) is 35.5 Å². The van der Waals surface area contributed by atoms with E-state index in [2.05, 4.69) is 71.1 Å². The fraction of sp³-hybridized carbons (Fsp3) is 0.400. The van der Waals surface area contributed by atoms with Gasteiger partial charge in [-0.25, -0.2) is 0 Å². The maximum atomic E-state index is 3.90. The third-order valence-electron chi connectivity index (χ3n) is 5.36. The Hall–Kier alpha value is -1.29. The molecule has 2 heterocycles. The molecule has 0 saturated carbocycles. The van der Waals surface area contributed by atoms with E-state index in [1.54, 1.807) is 0 Å². The van der Waals surface area contributed by atoms with Crippen molar-refractivity contribution >= 4 is 11.8 Å². The summed E-state index contributed by atoms with van der Waals surface area (Å²) >= 11 is 1.84. The van der Waals surface area contributed by atoms with Gasteiger partial charge < -0.3 is 5.32 Å². The van der Waals surface area contributed by atoms with Crippen LogP contribution < -0.4 is 5.32 Å². The zero-order chi connectivity index (χ0) is 15.6. The van der Waals surface area contributed by atoms with Crippen LogP contribution in [0.15, 0.2) is 59.5 Å². The molecule has 2 aromatic rings. The molecule has 2 bridgehead atoms. The van der Waals surface area contributed by atoms with Crippen LogP contribution in [0.25, 0.3) is 0 Å². The predicted molar refractivity (Wildman–Crippen MR) is 97.7 cm³/mol. The molecule has 1 N–H and O–H groups in total. The van der Waals surface area contributed by atoms with Gasteiger partial charge in [-0.3, -0.25) is 4.90 Å². The van der Waals surface area contributed by atoms with E-state index < -0.39 is 0 Å². The van der Waals surface area contributed by atoms with Crippen LogP contribution in [0, 0.1) is 5.92 Å². The summed E-state index contributed by atoms with van der Waals surface area (Å²) in [6, 6.07) is 20.9. The minimum absolute atomic E-state index is 0.538. The second-order valence-electron chi connectivity index (χ2n) is 6.62. The van der Waals surface area contributed by atoms with Gasteiger partial charge in [0.05, 0.1) is 6.04 Å². The molecule has 2 aliphatic heterocycles. The summed E-state index contributed by atoms with van der Waals surface area (Å²) in [5.74, 6) is 0.793. The quantitative estimate of drug-likeness (QED) is 0.839. The van der Waals surface area contributed by atoms with Gasteiger partial charge in [0, 0.05) is 24.0 Å². The molecule has 4 atom stereocenters. The molecule has 2 fully saturated rings. The lowest BCUT2D eigenvalue weighted by atomic mass is 9.89. The molecule has 0 aliphatic carbocycles. The zero-order valence-electron chi connectivity index (χ0n) is 13.6. The van der Waals surface area contributed by atoms with Crippen molar-refractivity contribution in [1.82, 2.24) is 10.2 Å². The average molecular weight is 324 g/mol. The Morgan fingerprint density at radius 3 is 2.70 bits per heavy atom. The van der Waals surface area contributed by atoms with E-state index >= 15 is 0 Å². The van der Waals surface area contributed by atoms with E-state index in [0.29, 0.717) is 12.1 Å². The summed E-state index contributed by atoms with van der Waals surface area (Å²) in [6.45, 7) is 3.47. The number of nitrogens with one attached hydrogen (secondary N) is 1. The first-order valence-corrected chi connectivity index (χ1v) is 9.73. The van der Waals surface area contributed by atoms with E-state index in [4.69, 9.17) is 0 Å². The molecular formula is C20H24N2S. The maximum Gasteiger partial charge on any atom is 0.0504 e. The number of hydrogen-bond donors (Lipinski definition) is 1. The first-order chi connectivity index (χ1) is 11.4. The third kappa shape index (κ3) is 2.93. The first kappa shape index (κ1) is 15.3. The van der Waals surface area contributed by atoms with Gasteiger partial charge in [-0.2, -0.15) is 0 Å². The summed E-state index contributed by atoms with van der Waals surface area (Å²) in [6.07, 6.45) is 3.50. The molecule has 23 heavy (non-hydrogen) atoms. The number of benzene rings is 2. The summed E-state index contributed by atoms with van der Waals surface area (Å²) in [5, 5.41) is 3.90. The number of hydrogen-bond acceptors (Lipinski definition) is 3. The Balaban J connectivity index is 1.53. The number of nitrogens with zero attached hydrogens (tertiary/aromatic N) is 1. The highest BCUT2D eigenvalue weighted by Crippen LogP contribution is 2.42. The number of fused-ring (bicyclic) bond motifs is 2. The van der Waals surface area contributed by atoms with Crippen molar-refractivity contribution in [2.75, 3.05) is 19.3 Å². The van der Waals surface area contributed by atoms with E-state index in [1.807, 2.05) is 11.8 Å². The van der Waals surface area contributed by atoms with Crippen molar-refractivity contribution in [3.63, 3.8) is 0 Å². The van der Waals surface area contributed by atoms with Crippen molar-refractivity contribution in [3.05, 3.63) is 65.7 Å². The summed E-state index contributed by atoms with van der Waals surface area (Å²) < 4.78 is 0. The standard InChI is InChI=1S/C20H24N2S/c1-23-18-10-6-5-9-16(18)13-21-19-17-11-12-22(14-17)20(19)15-7-3-2-4-8-15/h2-10,17,19-21H,11-14H2,1H3. The lowest BCUT2D eigenvalue weighted by molar-refractivity contribution is 0.218. The van der Waals surface area contributed by atoms with Crippen LogP contribution in [0.2, 0.25) is 0 Å². The Morgan fingerprint density at radius 2 is 1.87 bits per heavy atom. The number of thioether (sulfide) groups is 1. The topological polar surface area (TPSA) is 15.3 Å². The lowest BCUT2D eigenvalue weighted by Crippen LogP contribution is -2.42. The monoisotopic (exact) mass is 324 g/mol. The molecule has 0 spiro atoms. The largest absolute Gasteiger partial charge is 0.308 e. The van der Waals surface area contributed by atoms with E-state index in [9.17, 15) is 0 Å². The second-order valence-corrected chi connectivity index (χ2v) is 7.47. The van der Waals surface area contributed by atoms with Crippen molar-refractivity contribution < 1.29 is 0 Å². The van der Waals surface area contributed by atoms with Gasteiger partial charge in [0.15, 0.2) is 0 Å². The van der Waals surface area contributed by atoms with Gasteiger partial charge in [0.25, 0.3) is 0 Å². The normalized spacial score (nSPS) is 29.1. The molecular weight excluding hydrogens is 300 g/mol. The molecule has 3 heteroatoms. The first-order valence-electron chi connectivity index (χ1n) is 8.51. The molecule has 4 rings (SSSR count). The van der Waals surface area contributed by atoms with Crippen LogP contribution in [0.5, 0.6) is 0 Å². The van der Waals surface area contributed by atoms with Crippen molar-refractivity contribution in [1.29, 1.82) is 0 Å². The number of rotatable bonds is 5. The molecule has 2 aliphatic rings. The highest BCUT2D eigenvalue weighted by atomic mass is 32.2. The van der Waals surface area contributed by atoms with Crippen molar-refractivity contribution in [3.8, 4) is 0 Å². The second kappa shape index (κ2) is 6.68. The van der Waals surface area contributed by atoms with Gasteiger partial charge in [-0.05, 0) is 42.3 Å². The van der Waals surface area contributed by atoms with Crippen LogP contribution in [0.1, 0.15) is 23.6 Å². The summed E-state index contributed by atoms with van der Waals surface area (Å²) in [4.78, 5) is 4.05. The fourth-order valence-corrected chi connectivity index (χ4v) is 4.89. The molecule has 2 nitrogen and oxygen atoms in total. The number of piperidine rings is 1. The highest BCUT2D eigenvalue weighted by molar-refractivity contribution is 7.98. The van der Waals surface area contributed by atoms with Crippen LogP contribution in [-0.4, -0.2) is 30.3 Å². The predicted octanol–water partition coefficient (Wildman–Crippen LogP) is 3.94. The van der Waals surface area contributed by atoms with Crippen molar-refractivity contribution in [2.24, 2.45) is 5.92 Å². The molecule has 4 unspecified atom stereocenters. The third-order valence-corrected chi connectivity index (χ3v) is 6.20. The van der Waals surface area contributed by atoms with Crippen LogP contribution in [-0.2, 0) is 6.54 Å². The lowest BCUT2D eigenvalue weighted by Gasteiger charge is -2.33. The van der Waals surface area contributed by atoms with Crippen molar-refractivity contribution in [2.45, 2.75) is 29.9 Å². The fourth-order valence-electron chi connectivity index (χ4n) is 4.27. The van der Waals surface area contributed by atoms with Gasteiger partial charge in [0.2, 0.25) is 0 Å². The van der Waals surface area contributed by atoms with Crippen LogP contribution in [0.4, 0.5) is 0 Å². The Kier molecular flexibility index (Phi) is 4.43. The highest BCUT2D eigenvalue weighted by Gasteiger charge is 2.46. The zero-order valence-corrected chi connectivity index (χ0v) is 14.4. The SMILES string of the molecule is CSc1ccccc1CNC1C2CCN(C2)C1c1ccccc1. The summed E-state index contributed by atoms with van der Waals surface area (Å²) in [5.41, 5.74) is 2.88. The van der Waals surface area contributed by atoms with E-state index in [-0.39, 0.29) is 0 Å². The Bertz CT molecular complexity index is 658. The molecule has 0 aromatic heterocycles. The maximum absolute atomic E-state index is 3.90. The minimum atomic E-state index is 0.538. The smallest absolute Gasteiger partial charge is 0.0504 e. The van der Waals surface area contributed by atoms with Gasteiger partial charge >= 0.3 is 0 Å². The molecule has 2 saturated heterocycles. The Morgan fingerprint density at radius 1 is 1.09 bits per heavy atom. The van der Waals surface area contributed by atoms with Crippen LogP contribution >= 0.6 is 11.8 Å². The summed E-state index contributed by atoms with van der Waals surface area (Å²) in [7, 11) is 0.